The molecule has 0 saturated heterocycles. The van der Waals surface area contributed by atoms with Gasteiger partial charge in [-0.2, -0.15) is 5.26 Å². The first-order valence-electron chi connectivity index (χ1n) is 5.60. The Hall–Kier alpha value is -2.20. The van der Waals surface area contributed by atoms with Crippen molar-refractivity contribution in [3.8, 4) is 6.19 Å². The number of hydrogen-bond acceptors (Lipinski definition) is 5. The lowest BCUT2D eigenvalue weighted by Gasteiger charge is -2.07. The second-order valence-corrected chi connectivity index (χ2v) is 3.59. The Bertz CT molecular complexity index is 418. The van der Waals surface area contributed by atoms with E-state index >= 15 is 0 Å². The third-order valence-corrected chi connectivity index (χ3v) is 2.11. The summed E-state index contributed by atoms with van der Waals surface area (Å²) in [6.07, 6.45) is 5.39. The predicted octanol–water partition coefficient (Wildman–Crippen LogP) is -0.479. The van der Waals surface area contributed by atoms with E-state index in [1.54, 1.807) is 19.4 Å². The highest BCUT2D eigenvalue weighted by Gasteiger charge is 1.96. The third kappa shape index (κ3) is 5.23. The fourth-order valence-electron chi connectivity index (χ4n) is 1.21. The van der Waals surface area contributed by atoms with Gasteiger partial charge in [0.1, 0.15) is 5.82 Å². The summed E-state index contributed by atoms with van der Waals surface area (Å²) in [4.78, 5) is 12.2. The molecule has 0 bridgehead atoms. The molecule has 0 fully saturated rings. The van der Waals surface area contributed by atoms with Crippen molar-refractivity contribution in [3.05, 3.63) is 23.8 Å². The van der Waals surface area contributed by atoms with Gasteiger partial charge in [0.05, 0.1) is 6.54 Å². The Kier molecular flexibility index (Phi) is 6.14. The van der Waals surface area contributed by atoms with Crippen LogP contribution in [0.1, 0.15) is 11.4 Å². The van der Waals surface area contributed by atoms with Gasteiger partial charge in [-0.3, -0.25) is 10.3 Å². The van der Waals surface area contributed by atoms with Crippen molar-refractivity contribution in [2.24, 2.45) is 4.99 Å². The molecule has 0 unspecified atom stereocenters. The Morgan fingerprint density at radius 2 is 2.11 bits per heavy atom. The highest BCUT2D eigenvalue weighted by molar-refractivity contribution is 5.80. The van der Waals surface area contributed by atoms with Gasteiger partial charge in [-0.05, 0) is 12.5 Å². The zero-order valence-electron chi connectivity index (χ0n) is 10.6. The number of aryl methyl sites for hydroxylation is 1. The smallest absolute Gasteiger partial charge is 0.204 e. The van der Waals surface area contributed by atoms with E-state index < -0.39 is 0 Å². The Balaban J connectivity index is 2.16. The molecule has 3 N–H and O–H groups in total. The molecule has 0 aliphatic heterocycles. The maximum absolute atomic E-state index is 8.43. The fourth-order valence-corrected chi connectivity index (χ4v) is 1.21. The molecular formula is C11H17N7. The highest BCUT2D eigenvalue weighted by atomic mass is 15.2. The summed E-state index contributed by atoms with van der Waals surface area (Å²) in [5, 5.41) is 17.0. The standard InChI is InChI=1S/C11H17N7/c1-9-5-16-10(17-6-9)7-14-3-4-15-11(13-2)18-8-12/h5-6,14H,3-4,7H2,1-2H3,(H2,13,15,18). The number of nitrogens with zero attached hydrogens (tertiary/aromatic N) is 4. The first kappa shape index (κ1) is 13.9. The molecular weight excluding hydrogens is 230 g/mol. The van der Waals surface area contributed by atoms with E-state index in [0.29, 0.717) is 19.0 Å². The van der Waals surface area contributed by atoms with Gasteiger partial charge in [0.15, 0.2) is 6.19 Å². The molecule has 0 spiro atoms. The molecule has 0 aromatic carbocycles. The van der Waals surface area contributed by atoms with E-state index in [-0.39, 0.29) is 0 Å². The summed E-state index contributed by atoms with van der Waals surface area (Å²) in [5.74, 6) is 1.23. The SMILES string of the molecule is CN=C(NC#N)NCCNCc1ncc(C)cn1. The van der Waals surface area contributed by atoms with Crippen LogP contribution in [0.3, 0.4) is 0 Å². The zero-order valence-corrected chi connectivity index (χ0v) is 10.6. The zero-order chi connectivity index (χ0) is 13.2. The molecule has 7 heteroatoms. The van der Waals surface area contributed by atoms with E-state index in [1.165, 1.54) is 0 Å². The van der Waals surface area contributed by atoms with Crippen LogP contribution in [0.15, 0.2) is 17.4 Å². The minimum Gasteiger partial charge on any atom is -0.354 e. The molecule has 1 heterocycles. The largest absolute Gasteiger partial charge is 0.354 e. The second kappa shape index (κ2) is 7.97. The average molecular weight is 247 g/mol. The van der Waals surface area contributed by atoms with Crippen LogP contribution in [0.5, 0.6) is 0 Å². The molecule has 1 aromatic heterocycles. The predicted molar refractivity (Wildman–Crippen MR) is 68.6 cm³/mol. The van der Waals surface area contributed by atoms with Gasteiger partial charge in [0, 0.05) is 32.5 Å². The van der Waals surface area contributed by atoms with Crippen molar-refractivity contribution in [2.75, 3.05) is 20.1 Å². The molecule has 0 amide bonds. The summed E-state index contributed by atoms with van der Waals surface area (Å²) in [6.45, 7) is 3.96. The summed E-state index contributed by atoms with van der Waals surface area (Å²) < 4.78 is 0. The first-order valence-corrected chi connectivity index (χ1v) is 5.60. The second-order valence-electron chi connectivity index (χ2n) is 3.59. The van der Waals surface area contributed by atoms with Gasteiger partial charge in [0.25, 0.3) is 0 Å². The van der Waals surface area contributed by atoms with Crippen molar-refractivity contribution in [1.29, 1.82) is 5.26 Å². The Morgan fingerprint density at radius 1 is 1.39 bits per heavy atom. The molecule has 18 heavy (non-hydrogen) atoms. The molecule has 7 nitrogen and oxygen atoms in total. The molecule has 96 valence electrons. The van der Waals surface area contributed by atoms with Crippen LogP contribution < -0.4 is 16.0 Å². The van der Waals surface area contributed by atoms with Gasteiger partial charge in [0.2, 0.25) is 5.96 Å². The lowest BCUT2D eigenvalue weighted by atomic mass is 10.4. The van der Waals surface area contributed by atoms with Gasteiger partial charge in [-0.25, -0.2) is 9.97 Å². The van der Waals surface area contributed by atoms with Crippen molar-refractivity contribution in [2.45, 2.75) is 13.5 Å². The number of aliphatic imine (C=N–C) groups is 1. The monoisotopic (exact) mass is 247 g/mol. The van der Waals surface area contributed by atoms with E-state index in [1.807, 2.05) is 13.1 Å². The molecule has 1 aromatic rings. The van der Waals surface area contributed by atoms with Gasteiger partial charge in [-0.15, -0.1) is 0 Å². The lowest BCUT2D eigenvalue weighted by Crippen LogP contribution is -2.38. The van der Waals surface area contributed by atoms with E-state index in [4.69, 9.17) is 5.26 Å². The molecule has 1 rings (SSSR count). The molecule has 0 saturated carbocycles. The Morgan fingerprint density at radius 3 is 2.72 bits per heavy atom. The van der Waals surface area contributed by atoms with Crippen LogP contribution in [0.25, 0.3) is 0 Å². The van der Waals surface area contributed by atoms with Crippen molar-refractivity contribution in [3.63, 3.8) is 0 Å². The van der Waals surface area contributed by atoms with Gasteiger partial charge in [-0.1, -0.05) is 0 Å². The minimum absolute atomic E-state index is 0.464. The van der Waals surface area contributed by atoms with E-state index in [2.05, 4.69) is 30.9 Å². The van der Waals surface area contributed by atoms with E-state index in [9.17, 15) is 0 Å². The average Bonchev–Trinajstić information content (AvgIpc) is 2.39. The quantitative estimate of drug-likeness (QED) is 0.214. The minimum atomic E-state index is 0.464. The number of rotatable bonds is 5. The van der Waals surface area contributed by atoms with Crippen LogP contribution in [0.4, 0.5) is 0 Å². The number of hydrogen-bond donors (Lipinski definition) is 3. The molecule has 0 aliphatic rings. The normalized spacial score (nSPS) is 10.8. The lowest BCUT2D eigenvalue weighted by molar-refractivity contribution is 0.645. The number of nitrogens with one attached hydrogen (secondary N) is 3. The molecule has 0 radical (unpaired) electrons. The van der Waals surface area contributed by atoms with E-state index in [0.717, 1.165) is 17.9 Å². The van der Waals surface area contributed by atoms with Crippen LogP contribution in [-0.2, 0) is 6.54 Å². The van der Waals surface area contributed by atoms with Gasteiger partial charge < -0.3 is 10.6 Å². The van der Waals surface area contributed by atoms with Crippen molar-refractivity contribution < 1.29 is 0 Å². The fraction of sp³-hybridized carbons (Fsp3) is 0.455. The van der Waals surface area contributed by atoms with Crippen molar-refractivity contribution in [1.82, 2.24) is 25.9 Å². The van der Waals surface area contributed by atoms with Crippen LogP contribution in [0, 0.1) is 18.4 Å². The highest BCUT2D eigenvalue weighted by Crippen LogP contribution is 1.92. The van der Waals surface area contributed by atoms with Crippen LogP contribution >= 0.6 is 0 Å². The van der Waals surface area contributed by atoms with Crippen LogP contribution in [0.2, 0.25) is 0 Å². The summed E-state index contributed by atoms with van der Waals surface area (Å²) >= 11 is 0. The first-order chi connectivity index (χ1) is 8.76. The maximum atomic E-state index is 8.43. The number of nitriles is 1. The summed E-state index contributed by atoms with van der Waals surface area (Å²) in [7, 11) is 1.61. The summed E-state index contributed by atoms with van der Waals surface area (Å²) in [6, 6.07) is 0. The molecule has 0 aliphatic carbocycles. The maximum Gasteiger partial charge on any atom is 0.204 e. The topological polar surface area (TPSA) is 98.0 Å². The number of guanidine groups is 1. The molecule has 0 atom stereocenters. The van der Waals surface area contributed by atoms with Gasteiger partial charge >= 0.3 is 0 Å². The summed E-state index contributed by atoms with van der Waals surface area (Å²) in [5.41, 5.74) is 1.05. The third-order valence-electron chi connectivity index (χ3n) is 2.11. The Labute approximate surface area is 106 Å². The van der Waals surface area contributed by atoms with Crippen LogP contribution in [-0.4, -0.2) is 36.1 Å². The van der Waals surface area contributed by atoms with Crippen molar-refractivity contribution >= 4 is 5.96 Å². The number of aromatic nitrogens is 2.